The van der Waals surface area contributed by atoms with E-state index in [9.17, 15) is 0 Å². The Bertz CT molecular complexity index is 118. The van der Waals surface area contributed by atoms with E-state index in [2.05, 4.69) is 44.4 Å². The Morgan fingerprint density at radius 2 is 2.00 bits per heavy atom. The van der Waals surface area contributed by atoms with E-state index >= 15 is 0 Å². The van der Waals surface area contributed by atoms with Gasteiger partial charge in [-0.2, -0.15) is 0 Å². The number of hydrogen-bond donors (Lipinski definition) is 1. The van der Waals surface area contributed by atoms with Crippen molar-refractivity contribution in [3.63, 3.8) is 0 Å². The van der Waals surface area contributed by atoms with Gasteiger partial charge in [-0.3, -0.25) is 0 Å². The maximum Gasteiger partial charge on any atom is 0.0703 e. The van der Waals surface area contributed by atoms with E-state index in [-0.39, 0.29) is 5.53 Å². The third-order valence-electron chi connectivity index (χ3n) is 1.59. The first kappa shape index (κ1) is 9.57. The largest absolute Gasteiger partial charge is 0.130 e. The van der Waals surface area contributed by atoms with Crippen LogP contribution in [-0.2, 0) is 0 Å². The van der Waals surface area contributed by atoms with E-state index in [1.165, 1.54) is 0 Å². The lowest BCUT2D eigenvalue weighted by Crippen LogP contribution is -2.17. The molecule has 1 aliphatic rings. The maximum absolute atomic E-state index is 4.50. The van der Waals surface area contributed by atoms with Crippen molar-refractivity contribution in [2.75, 3.05) is 0 Å². The van der Waals surface area contributed by atoms with Crippen LogP contribution in [0.25, 0.3) is 0 Å². The molecule has 0 spiro atoms. The Kier molecular flexibility index (Phi) is 3.76. The molecule has 1 saturated heterocycles. The van der Waals surface area contributed by atoms with Crippen molar-refractivity contribution >= 4 is 40.5 Å². The second-order valence-corrected chi connectivity index (χ2v) is 12.0. The molecular weight excluding hydrogens is 199 g/mol. The fourth-order valence-electron chi connectivity index (χ4n) is 1.08. The zero-order valence-electron chi connectivity index (χ0n) is 6.44. The summed E-state index contributed by atoms with van der Waals surface area (Å²) in [6.45, 7) is 6.93. The molecule has 0 saturated carbocycles. The van der Waals surface area contributed by atoms with Crippen LogP contribution in [0.3, 0.4) is 0 Å². The minimum atomic E-state index is -0.0484. The normalized spacial score (nSPS) is 41.1. The Labute approximate surface area is 77.7 Å². The van der Waals surface area contributed by atoms with Crippen LogP contribution < -0.4 is 0 Å². The molecule has 0 bridgehead atoms. The molecule has 0 amide bonds. The highest BCUT2D eigenvalue weighted by atomic mass is 33.4. The molecule has 1 aliphatic heterocycles. The molecule has 1 fully saturated rings. The van der Waals surface area contributed by atoms with Crippen molar-refractivity contribution in [1.82, 2.24) is 0 Å². The molecule has 3 unspecified atom stereocenters. The average molecular weight is 212 g/mol. The summed E-state index contributed by atoms with van der Waals surface area (Å²) in [5, 5.41) is 1.65. The number of hydrogen-bond acceptors (Lipinski definition) is 3. The molecule has 0 N–H and O–H groups in total. The first-order valence-corrected chi connectivity index (χ1v) is 8.90. The lowest BCUT2D eigenvalue weighted by molar-refractivity contribution is 0.607. The fraction of sp³-hybridized carbons (Fsp3) is 1.00. The average Bonchev–Trinajstić information content (AvgIpc) is 2.10. The van der Waals surface area contributed by atoms with E-state index < -0.39 is 0 Å². The van der Waals surface area contributed by atoms with Gasteiger partial charge in [-0.25, -0.2) is 0 Å². The molecule has 1 rings (SSSR count). The van der Waals surface area contributed by atoms with Crippen LogP contribution in [0.5, 0.6) is 0 Å². The molecule has 0 nitrogen and oxygen atoms in total. The summed E-state index contributed by atoms with van der Waals surface area (Å²) in [7, 11) is 0. The van der Waals surface area contributed by atoms with Crippen molar-refractivity contribution in [3.8, 4) is 0 Å². The lowest BCUT2D eigenvalue weighted by atomic mass is 10.1. The van der Waals surface area contributed by atoms with E-state index in [0.717, 1.165) is 16.4 Å². The Balaban J connectivity index is 2.46. The van der Waals surface area contributed by atoms with Gasteiger partial charge in [-0.05, 0) is 5.92 Å². The predicted octanol–water partition coefficient (Wildman–Crippen LogP) is 4.04. The zero-order valence-corrected chi connectivity index (χ0v) is 9.86. The zero-order chi connectivity index (χ0) is 7.72. The maximum atomic E-state index is 4.50. The first-order valence-electron chi connectivity index (χ1n) is 3.44. The summed E-state index contributed by atoms with van der Waals surface area (Å²) in [5.74, 6) is 0.812. The van der Waals surface area contributed by atoms with Gasteiger partial charge in [0.05, 0.1) is 5.53 Å². The lowest BCUT2D eigenvalue weighted by Gasteiger charge is -2.16. The summed E-state index contributed by atoms with van der Waals surface area (Å²) < 4.78 is 0. The smallest absolute Gasteiger partial charge is 0.0703 e. The molecule has 60 valence electrons. The molecule has 0 aromatic heterocycles. The van der Waals surface area contributed by atoms with Crippen molar-refractivity contribution < 1.29 is 0 Å². The van der Waals surface area contributed by atoms with Crippen LogP contribution in [0.4, 0.5) is 0 Å². The fourth-order valence-corrected chi connectivity index (χ4v) is 11.5. The summed E-state index contributed by atoms with van der Waals surface area (Å²) >= 11 is 8.62. The van der Waals surface area contributed by atoms with Gasteiger partial charge in [0.2, 0.25) is 0 Å². The molecule has 0 aromatic rings. The molecule has 10 heavy (non-hydrogen) atoms. The molecule has 0 aromatic carbocycles. The van der Waals surface area contributed by atoms with E-state index in [4.69, 9.17) is 0 Å². The van der Waals surface area contributed by atoms with Crippen LogP contribution in [-0.4, -0.2) is 10.5 Å². The highest BCUT2D eigenvalue weighted by Crippen LogP contribution is 2.75. The van der Waals surface area contributed by atoms with Crippen molar-refractivity contribution in [2.45, 2.75) is 31.3 Å². The van der Waals surface area contributed by atoms with Crippen molar-refractivity contribution in [3.05, 3.63) is 0 Å². The third-order valence-corrected chi connectivity index (χ3v) is 10.00. The van der Waals surface area contributed by atoms with Gasteiger partial charge in [0.15, 0.2) is 0 Å². The molecular formula is C6H13PS3. The van der Waals surface area contributed by atoms with Gasteiger partial charge in [0.1, 0.15) is 0 Å². The second kappa shape index (κ2) is 3.93. The van der Waals surface area contributed by atoms with E-state index in [1.54, 1.807) is 0 Å². The number of rotatable bonds is 1. The molecule has 0 aliphatic carbocycles. The molecule has 4 heteroatoms. The van der Waals surface area contributed by atoms with E-state index in [0.29, 0.717) is 0 Å². The van der Waals surface area contributed by atoms with Crippen LogP contribution in [0.2, 0.25) is 0 Å². The summed E-state index contributed by atoms with van der Waals surface area (Å²) in [4.78, 5) is 0. The summed E-state index contributed by atoms with van der Waals surface area (Å²) in [6.07, 6.45) is 0. The summed E-state index contributed by atoms with van der Waals surface area (Å²) in [5.41, 5.74) is -0.0484. The second-order valence-electron chi connectivity index (χ2n) is 2.86. The van der Waals surface area contributed by atoms with Gasteiger partial charge in [0.25, 0.3) is 0 Å². The SMILES string of the molecule is CC(C)C1SP(S)SC1C. The van der Waals surface area contributed by atoms with Crippen molar-refractivity contribution in [1.29, 1.82) is 0 Å². The Morgan fingerprint density at radius 1 is 1.40 bits per heavy atom. The van der Waals surface area contributed by atoms with Gasteiger partial charge < -0.3 is 0 Å². The number of thiol groups is 1. The van der Waals surface area contributed by atoms with E-state index in [1.807, 2.05) is 11.4 Å². The van der Waals surface area contributed by atoms with Gasteiger partial charge in [-0.1, -0.05) is 20.8 Å². The predicted molar refractivity (Wildman–Crippen MR) is 59.2 cm³/mol. The van der Waals surface area contributed by atoms with Crippen LogP contribution in [0.1, 0.15) is 20.8 Å². The summed E-state index contributed by atoms with van der Waals surface area (Å²) in [6, 6.07) is 0. The van der Waals surface area contributed by atoms with Crippen LogP contribution >= 0.6 is 40.5 Å². The molecule has 3 atom stereocenters. The highest BCUT2D eigenvalue weighted by molar-refractivity contribution is 9.10. The standard InChI is InChI=1S/C6H13PS3/c1-4(2)6-5(3)9-7(8)10-6/h4-6,8H,1-3H3. The Morgan fingerprint density at radius 3 is 2.20 bits per heavy atom. The van der Waals surface area contributed by atoms with Crippen LogP contribution in [0, 0.1) is 5.92 Å². The minimum Gasteiger partial charge on any atom is -0.130 e. The van der Waals surface area contributed by atoms with Gasteiger partial charge in [0, 0.05) is 10.5 Å². The quantitative estimate of drug-likeness (QED) is 0.514. The van der Waals surface area contributed by atoms with Crippen LogP contribution in [0.15, 0.2) is 0 Å². The highest BCUT2D eigenvalue weighted by Gasteiger charge is 2.32. The molecule has 0 radical (unpaired) electrons. The first-order chi connectivity index (χ1) is 4.61. The van der Waals surface area contributed by atoms with Crippen molar-refractivity contribution in [2.24, 2.45) is 5.92 Å². The molecule has 1 heterocycles. The minimum absolute atomic E-state index is 0.0484. The van der Waals surface area contributed by atoms with Gasteiger partial charge in [-0.15, -0.1) is 35.0 Å². The Hall–Kier alpha value is 1.48. The third kappa shape index (κ3) is 2.23. The topological polar surface area (TPSA) is 0 Å². The monoisotopic (exact) mass is 212 g/mol. The van der Waals surface area contributed by atoms with Gasteiger partial charge >= 0.3 is 0 Å².